The van der Waals surface area contributed by atoms with Crippen molar-refractivity contribution < 1.29 is 9.53 Å². The van der Waals surface area contributed by atoms with E-state index in [1.165, 1.54) is 0 Å². The van der Waals surface area contributed by atoms with Crippen LogP contribution in [0.2, 0.25) is 0 Å². The fraction of sp³-hybridized carbons (Fsp3) is 0.154. The molecule has 94 valence electrons. The standard InChI is InChI=1S/C13H12BrNO2S/c1-15(8-10-7-12(14)18-9-10)13(16)17-11-5-3-2-4-6-11/h2-7,9H,8H2,1H3. The molecule has 0 atom stereocenters. The number of rotatable bonds is 3. The molecule has 0 saturated carbocycles. The lowest BCUT2D eigenvalue weighted by molar-refractivity contribution is 0.161. The van der Waals surface area contributed by atoms with E-state index in [2.05, 4.69) is 15.9 Å². The van der Waals surface area contributed by atoms with Crippen molar-refractivity contribution in [2.75, 3.05) is 7.05 Å². The first-order valence-corrected chi connectivity index (χ1v) is 7.03. The monoisotopic (exact) mass is 325 g/mol. The Morgan fingerprint density at radius 2 is 2.11 bits per heavy atom. The molecule has 1 amide bonds. The van der Waals surface area contributed by atoms with E-state index in [0.717, 1.165) is 9.35 Å². The fourth-order valence-electron chi connectivity index (χ4n) is 1.43. The van der Waals surface area contributed by atoms with E-state index < -0.39 is 0 Å². The van der Waals surface area contributed by atoms with Crippen molar-refractivity contribution in [2.45, 2.75) is 6.54 Å². The van der Waals surface area contributed by atoms with Gasteiger partial charge in [-0.15, -0.1) is 11.3 Å². The number of hydrogen-bond donors (Lipinski definition) is 0. The summed E-state index contributed by atoms with van der Waals surface area (Å²) in [6.45, 7) is 0.535. The average molecular weight is 326 g/mol. The van der Waals surface area contributed by atoms with Gasteiger partial charge in [0, 0.05) is 13.6 Å². The van der Waals surface area contributed by atoms with Crippen LogP contribution in [-0.2, 0) is 6.54 Å². The average Bonchev–Trinajstić information content (AvgIpc) is 2.76. The first-order valence-electron chi connectivity index (χ1n) is 5.36. The van der Waals surface area contributed by atoms with Gasteiger partial charge in [-0.3, -0.25) is 0 Å². The van der Waals surface area contributed by atoms with Gasteiger partial charge in [0.2, 0.25) is 0 Å². The molecule has 18 heavy (non-hydrogen) atoms. The van der Waals surface area contributed by atoms with E-state index in [1.54, 1.807) is 35.4 Å². The summed E-state index contributed by atoms with van der Waals surface area (Å²) < 4.78 is 6.29. The normalized spacial score (nSPS) is 10.1. The van der Waals surface area contributed by atoms with Crippen molar-refractivity contribution in [3.63, 3.8) is 0 Å². The van der Waals surface area contributed by atoms with Gasteiger partial charge in [-0.2, -0.15) is 0 Å². The van der Waals surface area contributed by atoms with E-state index in [1.807, 2.05) is 29.6 Å². The summed E-state index contributed by atoms with van der Waals surface area (Å²) in [5.74, 6) is 0.556. The fourth-order valence-corrected chi connectivity index (χ4v) is 2.63. The van der Waals surface area contributed by atoms with Crippen molar-refractivity contribution in [1.82, 2.24) is 4.90 Å². The maximum Gasteiger partial charge on any atom is 0.415 e. The maximum absolute atomic E-state index is 11.8. The molecule has 2 rings (SSSR count). The molecule has 0 aliphatic rings. The summed E-state index contributed by atoms with van der Waals surface area (Å²) in [6.07, 6.45) is -0.358. The van der Waals surface area contributed by atoms with E-state index in [0.29, 0.717) is 12.3 Å². The van der Waals surface area contributed by atoms with Gasteiger partial charge in [-0.25, -0.2) is 4.79 Å². The summed E-state index contributed by atoms with van der Waals surface area (Å²) in [4.78, 5) is 13.4. The van der Waals surface area contributed by atoms with Crippen LogP contribution in [0.5, 0.6) is 5.75 Å². The van der Waals surface area contributed by atoms with Crippen molar-refractivity contribution in [2.24, 2.45) is 0 Å². The Kier molecular flexibility index (Phi) is 4.38. The van der Waals surface area contributed by atoms with Crippen LogP contribution < -0.4 is 4.74 Å². The van der Waals surface area contributed by atoms with E-state index in [9.17, 15) is 4.79 Å². The van der Waals surface area contributed by atoms with Gasteiger partial charge in [-0.1, -0.05) is 18.2 Å². The Labute approximate surface area is 118 Å². The summed E-state index contributed by atoms with van der Waals surface area (Å²) in [7, 11) is 1.72. The summed E-state index contributed by atoms with van der Waals surface area (Å²) in [5.41, 5.74) is 1.08. The number of nitrogens with zero attached hydrogens (tertiary/aromatic N) is 1. The van der Waals surface area contributed by atoms with Crippen LogP contribution in [0.4, 0.5) is 4.79 Å². The second-order valence-electron chi connectivity index (χ2n) is 3.80. The van der Waals surface area contributed by atoms with Crippen LogP contribution in [-0.4, -0.2) is 18.0 Å². The minimum Gasteiger partial charge on any atom is -0.410 e. The van der Waals surface area contributed by atoms with Crippen LogP contribution in [0, 0.1) is 0 Å². The van der Waals surface area contributed by atoms with Gasteiger partial charge < -0.3 is 9.64 Å². The van der Waals surface area contributed by atoms with Crippen molar-refractivity contribution in [3.8, 4) is 5.75 Å². The SMILES string of the molecule is CN(Cc1csc(Br)c1)C(=O)Oc1ccccc1. The largest absolute Gasteiger partial charge is 0.415 e. The third kappa shape index (κ3) is 3.58. The number of amides is 1. The highest BCUT2D eigenvalue weighted by Crippen LogP contribution is 2.21. The van der Waals surface area contributed by atoms with Crippen molar-refractivity contribution >= 4 is 33.4 Å². The number of hydrogen-bond acceptors (Lipinski definition) is 3. The van der Waals surface area contributed by atoms with E-state index in [4.69, 9.17) is 4.74 Å². The van der Waals surface area contributed by atoms with E-state index in [-0.39, 0.29) is 6.09 Å². The second-order valence-corrected chi connectivity index (χ2v) is 6.09. The Morgan fingerprint density at radius 3 is 2.72 bits per heavy atom. The van der Waals surface area contributed by atoms with E-state index >= 15 is 0 Å². The number of halogens is 1. The zero-order valence-corrected chi connectivity index (χ0v) is 12.2. The number of benzene rings is 1. The van der Waals surface area contributed by atoms with Gasteiger partial charge in [-0.05, 0) is 45.1 Å². The maximum atomic E-state index is 11.8. The highest BCUT2D eigenvalue weighted by Gasteiger charge is 2.12. The zero-order valence-electron chi connectivity index (χ0n) is 9.80. The topological polar surface area (TPSA) is 29.5 Å². The second kappa shape index (κ2) is 6.02. The first kappa shape index (κ1) is 13.1. The molecule has 0 N–H and O–H groups in total. The molecule has 3 nitrogen and oxygen atoms in total. The van der Waals surface area contributed by atoms with Crippen molar-refractivity contribution in [3.05, 3.63) is 51.1 Å². The molecule has 0 aliphatic carbocycles. The lowest BCUT2D eigenvalue weighted by Crippen LogP contribution is -2.28. The molecule has 2 aromatic rings. The van der Waals surface area contributed by atoms with Crippen LogP contribution in [0.3, 0.4) is 0 Å². The molecule has 0 fully saturated rings. The van der Waals surface area contributed by atoms with Gasteiger partial charge >= 0.3 is 6.09 Å². The molecule has 1 aromatic heterocycles. The quantitative estimate of drug-likeness (QED) is 0.848. The van der Waals surface area contributed by atoms with Crippen LogP contribution in [0.1, 0.15) is 5.56 Å². The van der Waals surface area contributed by atoms with Gasteiger partial charge in [0.25, 0.3) is 0 Å². The zero-order chi connectivity index (χ0) is 13.0. The third-order valence-electron chi connectivity index (χ3n) is 2.30. The molecule has 0 aliphatic heterocycles. The molecule has 0 radical (unpaired) electrons. The van der Waals surface area contributed by atoms with Gasteiger partial charge in [0.05, 0.1) is 3.79 Å². The molecule has 0 spiro atoms. The Bertz CT molecular complexity index is 527. The minimum atomic E-state index is -0.358. The molecule has 1 heterocycles. The van der Waals surface area contributed by atoms with Crippen LogP contribution in [0.25, 0.3) is 0 Å². The highest BCUT2D eigenvalue weighted by atomic mass is 79.9. The number of ether oxygens (including phenoxy) is 1. The van der Waals surface area contributed by atoms with Gasteiger partial charge in [0.1, 0.15) is 5.75 Å². The Morgan fingerprint density at radius 1 is 1.39 bits per heavy atom. The molecule has 0 bridgehead atoms. The minimum absolute atomic E-state index is 0.358. The Hall–Kier alpha value is -1.33. The smallest absolute Gasteiger partial charge is 0.410 e. The summed E-state index contributed by atoms with van der Waals surface area (Å²) in [5, 5.41) is 2.01. The van der Waals surface area contributed by atoms with Crippen LogP contribution >= 0.6 is 27.3 Å². The predicted octanol–water partition coefficient (Wildman–Crippen LogP) is 4.14. The van der Waals surface area contributed by atoms with Crippen molar-refractivity contribution in [1.29, 1.82) is 0 Å². The first-order chi connectivity index (χ1) is 8.65. The number of carbonyl (C=O) groups excluding carboxylic acids is 1. The molecule has 0 unspecified atom stereocenters. The molecular formula is C13H12BrNO2S. The van der Waals surface area contributed by atoms with Gasteiger partial charge in [0.15, 0.2) is 0 Å². The predicted molar refractivity (Wildman–Crippen MR) is 76.0 cm³/mol. The third-order valence-corrected chi connectivity index (χ3v) is 3.85. The lowest BCUT2D eigenvalue weighted by Gasteiger charge is -2.15. The number of para-hydroxylation sites is 1. The summed E-state index contributed by atoms with van der Waals surface area (Å²) in [6, 6.07) is 11.1. The molecule has 5 heteroatoms. The van der Waals surface area contributed by atoms with Crippen LogP contribution in [0.15, 0.2) is 45.6 Å². The molecule has 0 saturated heterocycles. The molecule has 1 aromatic carbocycles. The number of carbonyl (C=O) groups is 1. The lowest BCUT2D eigenvalue weighted by atomic mass is 10.3. The number of thiophene rings is 1. The molecular weight excluding hydrogens is 314 g/mol. The Balaban J connectivity index is 1.93. The summed E-state index contributed by atoms with van der Waals surface area (Å²) >= 11 is 5.00. The highest BCUT2D eigenvalue weighted by molar-refractivity contribution is 9.11.